The Morgan fingerprint density at radius 1 is 1.12 bits per heavy atom. The van der Waals surface area contributed by atoms with E-state index in [9.17, 15) is 18.8 Å². The molecular formula is C23H28FN5O4. The first-order valence-corrected chi connectivity index (χ1v) is 10.7. The average Bonchev–Trinajstić information content (AvgIpc) is 2.82. The van der Waals surface area contributed by atoms with Gasteiger partial charge in [-0.05, 0) is 42.3 Å². The molecule has 1 unspecified atom stereocenters. The number of nitrogens with zero attached hydrogens (tertiary/aromatic N) is 2. The van der Waals surface area contributed by atoms with Crippen molar-refractivity contribution < 1.29 is 23.5 Å². The summed E-state index contributed by atoms with van der Waals surface area (Å²) in [6, 6.07) is 11.9. The predicted octanol–water partition coefficient (Wildman–Crippen LogP) is 1.54. The fourth-order valence-electron chi connectivity index (χ4n) is 3.69. The van der Waals surface area contributed by atoms with Crippen molar-refractivity contribution in [3.63, 3.8) is 0 Å². The monoisotopic (exact) mass is 457 g/mol. The van der Waals surface area contributed by atoms with Gasteiger partial charge in [-0.1, -0.05) is 18.2 Å². The van der Waals surface area contributed by atoms with Crippen LogP contribution < -0.4 is 21.1 Å². The number of hydrogen-bond donors (Lipinski definition) is 3. The molecule has 0 spiro atoms. The summed E-state index contributed by atoms with van der Waals surface area (Å²) in [6.45, 7) is 0.983. The fourth-order valence-corrected chi connectivity index (χ4v) is 3.69. The predicted molar refractivity (Wildman–Crippen MR) is 121 cm³/mol. The van der Waals surface area contributed by atoms with Gasteiger partial charge in [0.1, 0.15) is 11.6 Å². The molecule has 4 N–H and O–H groups in total. The number of urea groups is 1. The normalized spacial score (nSPS) is 15.7. The van der Waals surface area contributed by atoms with Crippen molar-refractivity contribution in [2.45, 2.75) is 19.0 Å². The molecule has 1 aliphatic rings. The summed E-state index contributed by atoms with van der Waals surface area (Å²) >= 11 is 0. The molecule has 0 bridgehead atoms. The van der Waals surface area contributed by atoms with Crippen LogP contribution in [0, 0.1) is 5.82 Å². The maximum atomic E-state index is 13.5. The number of hydrogen-bond acceptors (Lipinski definition) is 5. The Hall–Kier alpha value is -3.66. The smallest absolute Gasteiger partial charge is 0.323 e. The number of halogens is 1. The third-order valence-corrected chi connectivity index (χ3v) is 5.21. The molecule has 1 atom stereocenters. The third kappa shape index (κ3) is 6.19. The average molecular weight is 458 g/mol. The minimum Gasteiger partial charge on any atom is -0.497 e. The fraction of sp³-hybridized carbons (Fsp3) is 0.348. The molecule has 0 radical (unpaired) electrons. The third-order valence-electron chi connectivity index (χ3n) is 5.21. The van der Waals surface area contributed by atoms with Gasteiger partial charge in [0.25, 0.3) is 5.91 Å². The van der Waals surface area contributed by atoms with Crippen LogP contribution in [0.2, 0.25) is 0 Å². The van der Waals surface area contributed by atoms with Crippen LogP contribution in [-0.4, -0.2) is 67.1 Å². The Labute approximate surface area is 191 Å². The Bertz CT molecular complexity index is 1000. The minimum atomic E-state index is -1.16. The topological polar surface area (TPSA) is 117 Å². The lowest BCUT2D eigenvalue weighted by Crippen LogP contribution is -2.64. The summed E-state index contributed by atoms with van der Waals surface area (Å²) in [5.41, 5.74) is 6.48. The minimum absolute atomic E-state index is 0.0389. The summed E-state index contributed by atoms with van der Waals surface area (Å²) in [6.07, 6.45) is -0.629. The Morgan fingerprint density at radius 3 is 2.61 bits per heavy atom. The molecule has 1 aliphatic heterocycles. The number of ether oxygens (including phenoxy) is 1. The molecule has 33 heavy (non-hydrogen) atoms. The van der Waals surface area contributed by atoms with E-state index in [2.05, 4.69) is 10.6 Å². The molecule has 10 heteroatoms. The van der Waals surface area contributed by atoms with E-state index in [1.165, 1.54) is 28.0 Å². The van der Waals surface area contributed by atoms with Crippen molar-refractivity contribution in [2.24, 2.45) is 5.73 Å². The molecule has 2 aromatic rings. The highest BCUT2D eigenvalue weighted by atomic mass is 19.1. The second-order valence-electron chi connectivity index (χ2n) is 7.56. The molecule has 0 aliphatic carbocycles. The van der Waals surface area contributed by atoms with E-state index < -0.39 is 23.9 Å². The SMILES string of the molecule is COc1cccc(CC(=O)N2CCCN(C(=O)Nc3cccc(F)c3)C2C(=O)NCCN)c1. The Morgan fingerprint density at radius 2 is 1.88 bits per heavy atom. The second kappa shape index (κ2) is 11.3. The van der Waals surface area contributed by atoms with Gasteiger partial charge in [0, 0.05) is 31.9 Å². The molecule has 4 amide bonds. The molecule has 3 rings (SSSR count). The van der Waals surface area contributed by atoms with Gasteiger partial charge in [0.05, 0.1) is 13.5 Å². The second-order valence-corrected chi connectivity index (χ2v) is 7.56. The van der Waals surface area contributed by atoms with E-state index in [0.717, 1.165) is 5.56 Å². The van der Waals surface area contributed by atoms with Gasteiger partial charge >= 0.3 is 6.03 Å². The molecule has 176 valence electrons. The molecular weight excluding hydrogens is 429 g/mol. The molecule has 1 fully saturated rings. The van der Waals surface area contributed by atoms with Crippen LogP contribution in [0.25, 0.3) is 0 Å². The molecule has 9 nitrogen and oxygen atoms in total. The summed E-state index contributed by atoms with van der Waals surface area (Å²) in [7, 11) is 1.54. The van der Waals surface area contributed by atoms with Crippen LogP contribution in [0.3, 0.4) is 0 Å². The van der Waals surface area contributed by atoms with Crippen molar-refractivity contribution in [2.75, 3.05) is 38.6 Å². The number of methoxy groups -OCH3 is 1. The molecule has 0 saturated carbocycles. The standard InChI is InChI=1S/C23H28FN5O4/c1-33-19-8-2-5-16(13-19)14-20(30)28-11-4-12-29(22(28)21(31)26-10-9-25)23(32)27-18-7-3-6-17(24)15-18/h2-3,5-8,13,15,22H,4,9-12,14,25H2,1H3,(H,26,31)(H,27,32). The summed E-state index contributed by atoms with van der Waals surface area (Å²) in [4.78, 5) is 41.9. The van der Waals surface area contributed by atoms with Crippen molar-refractivity contribution in [3.05, 3.63) is 59.9 Å². The van der Waals surface area contributed by atoms with Crippen LogP contribution in [0.5, 0.6) is 5.75 Å². The number of nitrogens with one attached hydrogen (secondary N) is 2. The summed E-state index contributed by atoms with van der Waals surface area (Å²) in [5, 5.41) is 5.27. The van der Waals surface area contributed by atoms with E-state index >= 15 is 0 Å². The highest BCUT2D eigenvalue weighted by Crippen LogP contribution is 2.20. The number of carbonyl (C=O) groups excluding carboxylic acids is 3. The first-order valence-electron chi connectivity index (χ1n) is 10.7. The zero-order chi connectivity index (χ0) is 23.8. The molecule has 0 aromatic heterocycles. The van der Waals surface area contributed by atoms with E-state index in [-0.39, 0.29) is 37.6 Å². The first-order chi connectivity index (χ1) is 15.9. The van der Waals surface area contributed by atoms with E-state index in [1.807, 2.05) is 0 Å². The maximum Gasteiger partial charge on any atom is 0.323 e. The maximum absolute atomic E-state index is 13.5. The van der Waals surface area contributed by atoms with Crippen LogP contribution >= 0.6 is 0 Å². The highest BCUT2D eigenvalue weighted by Gasteiger charge is 2.40. The van der Waals surface area contributed by atoms with Gasteiger partial charge < -0.3 is 26.0 Å². The van der Waals surface area contributed by atoms with Crippen LogP contribution in [0.1, 0.15) is 12.0 Å². The highest BCUT2D eigenvalue weighted by molar-refractivity contribution is 5.96. The van der Waals surface area contributed by atoms with E-state index in [4.69, 9.17) is 10.5 Å². The Balaban J connectivity index is 1.82. The number of rotatable bonds is 7. The Kier molecular flexibility index (Phi) is 8.20. The van der Waals surface area contributed by atoms with Crippen molar-refractivity contribution in [1.82, 2.24) is 15.1 Å². The van der Waals surface area contributed by atoms with Crippen molar-refractivity contribution in [1.29, 1.82) is 0 Å². The van der Waals surface area contributed by atoms with E-state index in [0.29, 0.717) is 18.7 Å². The quantitative estimate of drug-likeness (QED) is 0.583. The number of amides is 4. The lowest BCUT2D eigenvalue weighted by molar-refractivity contribution is -0.148. The summed E-state index contributed by atoms with van der Waals surface area (Å²) in [5.74, 6) is -0.695. The van der Waals surface area contributed by atoms with Gasteiger partial charge in [-0.3, -0.25) is 14.5 Å². The molecule has 1 heterocycles. The first kappa shape index (κ1) is 24.0. The van der Waals surface area contributed by atoms with Crippen LogP contribution in [0.4, 0.5) is 14.9 Å². The number of benzene rings is 2. The van der Waals surface area contributed by atoms with Crippen LogP contribution in [-0.2, 0) is 16.0 Å². The van der Waals surface area contributed by atoms with Gasteiger partial charge in [0.2, 0.25) is 5.91 Å². The lowest BCUT2D eigenvalue weighted by atomic mass is 10.1. The lowest BCUT2D eigenvalue weighted by Gasteiger charge is -2.42. The number of anilines is 1. The molecule has 1 saturated heterocycles. The van der Waals surface area contributed by atoms with Crippen molar-refractivity contribution >= 4 is 23.5 Å². The van der Waals surface area contributed by atoms with Gasteiger partial charge in [0.15, 0.2) is 6.17 Å². The van der Waals surface area contributed by atoms with Gasteiger partial charge in [-0.15, -0.1) is 0 Å². The molecule has 2 aromatic carbocycles. The summed E-state index contributed by atoms with van der Waals surface area (Å²) < 4.78 is 18.7. The van der Waals surface area contributed by atoms with Gasteiger partial charge in [-0.2, -0.15) is 0 Å². The number of nitrogens with two attached hydrogens (primary N) is 1. The van der Waals surface area contributed by atoms with Crippen LogP contribution in [0.15, 0.2) is 48.5 Å². The number of carbonyl (C=O) groups is 3. The van der Waals surface area contributed by atoms with E-state index in [1.54, 1.807) is 37.4 Å². The largest absolute Gasteiger partial charge is 0.497 e. The van der Waals surface area contributed by atoms with Crippen molar-refractivity contribution in [3.8, 4) is 5.75 Å². The van der Waals surface area contributed by atoms with Gasteiger partial charge in [-0.25, -0.2) is 9.18 Å². The zero-order valence-corrected chi connectivity index (χ0v) is 18.4. The zero-order valence-electron chi connectivity index (χ0n) is 18.4.